The number of hydrogen-bond acceptors (Lipinski definition) is 3. The zero-order valence-electron chi connectivity index (χ0n) is 24.6. The molecule has 3 atom stereocenters. The second kappa shape index (κ2) is 11.0. The molecule has 41 heavy (non-hydrogen) atoms. The summed E-state index contributed by atoms with van der Waals surface area (Å²) in [5.74, 6) is 1.30. The van der Waals surface area contributed by atoms with Crippen molar-refractivity contribution in [2.75, 3.05) is 13.2 Å². The zero-order chi connectivity index (χ0) is 28.6. The van der Waals surface area contributed by atoms with Gasteiger partial charge in [-0.2, -0.15) is 0 Å². The average Bonchev–Trinajstić information content (AvgIpc) is 3.76. The van der Waals surface area contributed by atoms with Crippen molar-refractivity contribution in [1.29, 1.82) is 0 Å². The van der Waals surface area contributed by atoms with E-state index in [9.17, 15) is 4.79 Å². The van der Waals surface area contributed by atoms with Crippen LogP contribution in [0.1, 0.15) is 49.8 Å². The number of amides is 1. The number of carbonyl (C=O) groups excluding carboxylic acids is 1. The molecule has 1 amide bonds. The normalized spacial score (nSPS) is 20.4. The number of rotatable bonds is 7. The van der Waals surface area contributed by atoms with Gasteiger partial charge in [0, 0.05) is 17.8 Å². The molecule has 1 aromatic heterocycles. The molecule has 0 spiro atoms. The number of likely N-dealkylation sites (tertiary alicyclic amines) is 1. The highest BCUT2D eigenvalue weighted by atomic mass is 28.4. The Bertz CT molecular complexity index is 1460. The van der Waals surface area contributed by atoms with Crippen molar-refractivity contribution < 1.29 is 9.22 Å². The van der Waals surface area contributed by atoms with E-state index in [4.69, 9.17) is 9.41 Å². The Morgan fingerprint density at radius 1 is 0.829 bits per heavy atom. The molecule has 0 N–H and O–H groups in total. The molecule has 3 aromatic carbocycles. The lowest BCUT2D eigenvalue weighted by Gasteiger charge is -2.45. The third-order valence-electron chi connectivity index (χ3n) is 9.01. The number of hydrogen-bond donors (Lipinski definition) is 0. The summed E-state index contributed by atoms with van der Waals surface area (Å²) in [5.41, 5.74) is 3.32. The molecule has 6 rings (SSSR count). The molecule has 4 nitrogen and oxygen atoms in total. The van der Waals surface area contributed by atoms with Crippen molar-refractivity contribution in [2.45, 2.75) is 51.6 Å². The van der Waals surface area contributed by atoms with Crippen LogP contribution < -0.4 is 10.4 Å². The van der Waals surface area contributed by atoms with Crippen LogP contribution in [-0.2, 0) is 4.43 Å². The number of pyridine rings is 1. The van der Waals surface area contributed by atoms with Crippen molar-refractivity contribution in [3.05, 3.63) is 115 Å². The van der Waals surface area contributed by atoms with Gasteiger partial charge in [-0.3, -0.25) is 4.79 Å². The standard InChI is InChI=1S/C36H40N2O2Si/c1-26-20-21-33(27-14-8-5-9-15-27)34(37-26)35(39)38-24-29-22-28(29)23-30(38)25-40-41(36(2,3)4,31-16-10-6-11-17-31)32-18-12-7-13-19-32/h5-21,28-30H,22-25H2,1-4H3/t28?,29-,30-/m0/s1. The summed E-state index contributed by atoms with van der Waals surface area (Å²) in [6, 6.07) is 35.7. The number of nitrogens with zero attached hydrogens (tertiary/aromatic N) is 2. The summed E-state index contributed by atoms with van der Waals surface area (Å²) in [6.07, 6.45) is 2.19. The highest BCUT2D eigenvalue weighted by Crippen LogP contribution is 2.48. The molecule has 0 radical (unpaired) electrons. The lowest BCUT2D eigenvalue weighted by atomic mass is 9.99. The van der Waals surface area contributed by atoms with Gasteiger partial charge >= 0.3 is 0 Å². The summed E-state index contributed by atoms with van der Waals surface area (Å²) in [4.78, 5) is 21.3. The predicted molar refractivity (Wildman–Crippen MR) is 169 cm³/mol. The van der Waals surface area contributed by atoms with Crippen LogP contribution in [0, 0.1) is 18.8 Å². The van der Waals surface area contributed by atoms with Crippen LogP contribution in [0.3, 0.4) is 0 Å². The van der Waals surface area contributed by atoms with Gasteiger partial charge in [0.15, 0.2) is 0 Å². The topological polar surface area (TPSA) is 42.4 Å². The minimum atomic E-state index is -2.71. The first kappa shape index (κ1) is 27.6. The molecule has 1 saturated heterocycles. The van der Waals surface area contributed by atoms with Gasteiger partial charge in [-0.1, -0.05) is 118 Å². The fourth-order valence-electron chi connectivity index (χ4n) is 6.80. The highest BCUT2D eigenvalue weighted by molar-refractivity contribution is 6.99. The van der Waals surface area contributed by atoms with Gasteiger partial charge in [0.25, 0.3) is 14.2 Å². The van der Waals surface area contributed by atoms with E-state index in [1.807, 2.05) is 37.3 Å². The van der Waals surface area contributed by atoms with Gasteiger partial charge in [0.05, 0.1) is 12.6 Å². The zero-order valence-corrected chi connectivity index (χ0v) is 25.6. The van der Waals surface area contributed by atoms with Gasteiger partial charge in [0.1, 0.15) is 5.69 Å². The summed E-state index contributed by atoms with van der Waals surface area (Å²) in [7, 11) is -2.71. The molecule has 4 aromatic rings. The molecule has 5 heteroatoms. The molecule has 1 saturated carbocycles. The van der Waals surface area contributed by atoms with Crippen LogP contribution in [0.25, 0.3) is 11.1 Å². The SMILES string of the molecule is Cc1ccc(-c2ccccc2)c(C(=O)N2C[C@@H]3CC3C[C@H]2CO[Si](c2ccccc2)(c2ccccc2)C(C)(C)C)n1. The van der Waals surface area contributed by atoms with Crippen molar-refractivity contribution in [3.63, 3.8) is 0 Å². The first-order valence-electron chi connectivity index (χ1n) is 14.9. The van der Waals surface area contributed by atoms with E-state index in [1.54, 1.807) is 0 Å². The first-order chi connectivity index (χ1) is 19.8. The maximum atomic E-state index is 14.4. The molecular formula is C36H40N2O2Si. The van der Waals surface area contributed by atoms with Gasteiger partial charge < -0.3 is 9.33 Å². The number of carbonyl (C=O) groups is 1. The van der Waals surface area contributed by atoms with E-state index in [0.717, 1.165) is 29.8 Å². The van der Waals surface area contributed by atoms with Gasteiger partial charge in [-0.05, 0) is 58.6 Å². The molecular weight excluding hydrogens is 520 g/mol. The van der Waals surface area contributed by atoms with Crippen LogP contribution in [0.5, 0.6) is 0 Å². The second-order valence-electron chi connectivity index (χ2n) is 12.8. The van der Waals surface area contributed by atoms with Gasteiger partial charge in [-0.15, -0.1) is 0 Å². The van der Waals surface area contributed by atoms with E-state index in [-0.39, 0.29) is 17.0 Å². The number of piperidine rings is 1. The summed E-state index contributed by atoms with van der Waals surface area (Å²) >= 11 is 0. The van der Waals surface area contributed by atoms with Crippen LogP contribution in [-0.4, -0.2) is 43.3 Å². The van der Waals surface area contributed by atoms with Crippen LogP contribution >= 0.6 is 0 Å². The van der Waals surface area contributed by atoms with Gasteiger partial charge in [0.2, 0.25) is 0 Å². The molecule has 1 unspecified atom stereocenters. The minimum Gasteiger partial charge on any atom is -0.405 e. The van der Waals surface area contributed by atoms with Gasteiger partial charge in [-0.25, -0.2) is 4.98 Å². The Kier molecular flexibility index (Phi) is 7.43. The minimum absolute atomic E-state index is 0.0128. The number of aryl methyl sites for hydroxylation is 1. The monoisotopic (exact) mass is 560 g/mol. The third kappa shape index (κ3) is 5.29. The van der Waals surface area contributed by atoms with E-state index in [0.29, 0.717) is 24.1 Å². The van der Waals surface area contributed by atoms with Crippen molar-refractivity contribution in [3.8, 4) is 11.1 Å². The van der Waals surface area contributed by atoms with Crippen LogP contribution in [0.15, 0.2) is 103 Å². The van der Waals surface area contributed by atoms with Crippen molar-refractivity contribution >= 4 is 24.6 Å². The lowest BCUT2D eigenvalue weighted by Crippen LogP contribution is -2.67. The maximum absolute atomic E-state index is 14.4. The van der Waals surface area contributed by atoms with Crippen molar-refractivity contribution in [2.24, 2.45) is 11.8 Å². The summed E-state index contributed by atoms with van der Waals surface area (Å²) in [5, 5.41) is 2.42. The van der Waals surface area contributed by atoms with Crippen LogP contribution in [0.2, 0.25) is 5.04 Å². The quantitative estimate of drug-likeness (QED) is 0.243. The largest absolute Gasteiger partial charge is 0.405 e. The number of benzene rings is 3. The van der Waals surface area contributed by atoms with E-state index < -0.39 is 8.32 Å². The molecule has 2 heterocycles. The third-order valence-corrected chi connectivity index (χ3v) is 14.0. The Balaban J connectivity index is 1.37. The Morgan fingerprint density at radius 3 is 2.00 bits per heavy atom. The summed E-state index contributed by atoms with van der Waals surface area (Å²) < 4.78 is 7.35. The molecule has 2 fully saturated rings. The molecule has 2 aliphatic rings. The van der Waals surface area contributed by atoms with Crippen molar-refractivity contribution in [1.82, 2.24) is 9.88 Å². The van der Waals surface area contributed by atoms with E-state index >= 15 is 0 Å². The fraction of sp³-hybridized carbons (Fsp3) is 0.333. The average molecular weight is 561 g/mol. The summed E-state index contributed by atoms with van der Waals surface area (Å²) in [6.45, 7) is 10.2. The number of fused-ring (bicyclic) bond motifs is 1. The maximum Gasteiger partial charge on any atom is 0.273 e. The molecule has 1 aliphatic heterocycles. The second-order valence-corrected chi connectivity index (χ2v) is 17.1. The predicted octanol–water partition coefficient (Wildman–Crippen LogP) is 6.48. The Labute approximate surface area is 245 Å². The fourth-order valence-corrected chi connectivity index (χ4v) is 11.4. The van der Waals surface area contributed by atoms with E-state index in [1.165, 1.54) is 16.8 Å². The Hall–Kier alpha value is -3.54. The lowest BCUT2D eigenvalue weighted by molar-refractivity contribution is 0.0498. The smallest absolute Gasteiger partial charge is 0.273 e. The molecule has 1 aliphatic carbocycles. The highest BCUT2D eigenvalue weighted by Gasteiger charge is 2.52. The molecule has 0 bridgehead atoms. The first-order valence-corrected chi connectivity index (χ1v) is 16.8. The number of aromatic nitrogens is 1. The van der Waals surface area contributed by atoms with E-state index in [2.05, 4.69) is 98.5 Å². The Morgan fingerprint density at radius 2 is 1.41 bits per heavy atom. The van der Waals surface area contributed by atoms with Crippen LogP contribution in [0.4, 0.5) is 0 Å². The molecule has 210 valence electrons.